The Labute approximate surface area is 142 Å². The number of fused-ring (bicyclic) bond motifs is 1. The summed E-state index contributed by atoms with van der Waals surface area (Å²) in [6.07, 6.45) is 0. The van der Waals surface area contributed by atoms with Gasteiger partial charge >= 0.3 is 0 Å². The van der Waals surface area contributed by atoms with Crippen LogP contribution in [0.4, 0.5) is 0 Å². The molecule has 2 aromatic carbocycles. The molecule has 0 unspecified atom stereocenters. The minimum absolute atomic E-state index is 0.0740. The molecule has 3 N–H and O–H groups in total. The highest BCUT2D eigenvalue weighted by Crippen LogP contribution is 2.23. The van der Waals surface area contributed by atoms with Crippen molar-refractivity contribution < 1.29 is 19.8 Å². The number of rotatable bonds is 4. The van der Waals surface area contributed by atoms with Crippen molar-refractivity contribution in [3.8, 4) is 11.6 Å². The van der Waals surface area contributed by atoms with Crippen molar-refractivity contribution in [3.05, 3.63) is 70.0 Å². The van der Waals surface area contributed by atoms with E-state index < -0.39 is 17.3 Å². The van der Waals surface area contributed by atoms with E-state index in [4.69, 9.17) is 4.74 Å². The van der Waals surface area contributed by atoms with Gasteiger partial charge in [-0.15, -0.1) is 4.73 Å². The van der Waals surface area contributed by atoms with Gasteiger partial charge < -0.3 is 20.4 Å². The predicted octanol–water partition coefficient (Wildman–Crippen LogP) is 1.88. The SMILES string of the molecule is COc1ccc(CNC(=O)c2c(O)n(O)c(=O)c3ccccc23)cc1. The smallest absolute Gasteiger partial charge is 0.294 e. The summed E-state index contributed by atoms with van der Waals surface area (Å²) in [5.74, 6) is -0.700. The largest absolute Gasteiger partial charge is 0.497 e. The van der Waals surface area contributed by atoms with E-state index in [-0.39, 0.29) is 27.6 Å². The fraction of sp³-hybridized carbons (Fsp3) is 0.111. The summed E-state index contributed by atoms with van der Waals surface area (Å²) in [4.78, 5) is 24.5. The molecule has 0 bridgehead atoms. The highest BCUT2D eigenvalue weighted by molar-refractivity contribution is 6.08. The van der Waals surface area contributed by atoms with Crippen LogP contribution in [0.2, 0.25) is 0 Å². The molecule has 7 heteroatoms. The van der Waals surface area contributed by atoms with Gasteiger partial charge in [0, 0.05) is 11.9 Å². The van der Waals surface area contributed by atoms with Gasteiger partial charge in [-0.05, 0) is 23.8 Å². The molecule has 0 atom stereocenters. The number of hydrogen-bond acceptors (Lipinski definition) is 5. The standard InChI is InChI=1S/C18H16N2O5/c1-25-12-8-6-11(7-9-12)10-19-16(21)15-13-4-2-3-5-14(13)17(22)20(24)18(15)23/h2-9,23-24H,10H2,1H3,(H,19,21). The summed E-state index contributed by atoms with van der Waals surface area (Å²) in [6, 6.07) is 13.4. The molecule has 0 aliphatic heterocycles. The van der Waals surface area contributed by atoms with Gasteiger partial charge in [0.25, 0.3) is 11.5 Å². The van der Waals surface area contributed by atoms with E-state index in [1.165, 1.54) is 6.07 Å². The quantitative estimate of drug-likeness (QED) is 0.630. The zero-order chi connectivity index (χ0) is 18.0. The fourth-order valence-electron chi connectivity index (χ4n) is 2.56. The summed E-state index contributed by atoms with van der Waals surface area (Å²) < 4.78 is 5.15. The van der Waals surface area contributed by atoms with E-state index in [2.05, 4.69) is 5.32 Å². The second-order valence-corrected chi connectivity index (χ2v) is 5.39. The lowest BCUT2D eigenvalue weighted by atomic mass is 10.1. The molecule has 0 saturated heterocycles. The van der Waals surface area contributed by atoms with E-state index in [9.17, 15) is 19.9 Å². The van der Waals surface area contributed by atoms with Crippen LogP contribution < -0.4 is 15.6 Å². The molecular weight excluding hydrogens is 324 g/mol. The number of benzene rings is 2. The van der Waals surface area contributed by atoms with Crippen LogP contribution in [0.1, 0.15) is 15.9 Å². The molecule has 1 amide bonds. The third-order valence-corrected chi connectivity index (χ3v) is 3.88. The van der Waals surface area contributed by atoms with E-state index in [0.29, 0.717) is 5.75 Å². The molecule has 0 radical (unpaired) electrons. The van der Waals surface area contributed by atoms with Crippen LogP contribution in [-0.2, 0) is 6.54 Å². The summed E-state index contributed by atoms with van der Waals surface area (Å²) in [7, 11) is 1.56. The summed E-state index contributed by atoms with van der Waals surface area (Å²) in [6.45, 7) is 0.209. The number of ether oxygens (including phenoxy) is 1. The van der Waals surface area contributed by atoms with Crippen molar-refractivity contribution in [1.82, 2.24) is 10.0 Å². The third-order valence-electron chi connectivity index (χ3n) is 3.88. The van der Waals surface area contributed by atoms with Crippen LogP contribution in [0.3, 0.4) is 0 Å². The molecule has 7 nitrogen and oxygen atoms in total. The van der Waals surface area contributed by atoms with Crippen molar-refractivity contribution in [2.24, 2.45) is 0 Å². The van der Waals surface area contributed by atoms with Crippen LogP contribution in [0, 0.1) is 0 Å². The summed E-state index contributed by atoms with van der Waals surface area (Å²) in [5, 5.41) is 22.9. The van der Waals surface area contributed by atoms with E-state index in [1.807, 2.05) is 0 Å². The number of pyridine rings is 1. The average molecular weight is 340 g/mol. The molecule has 0 fully saturated rings. The molecule has 0 aliphatic carbocycles. The Morgan fingerprint density at radius 3 is 2.40 bits per heavy atom. The Kier molecular flexibility index (Phi) is 4.30. The van der Waals surface area contributed by atoms with E-state index in [1.54, 1.807) is 49.6 Å². The van der Waals surface area contributed by atoms with Gasteiger partial charge in [-0.25, -0.2) is 0 Å². The summed E-state index contributed by atoms with van der Waals surface area (Å²) >= 11 is 0. The first-order chi connectivity index (χ1) is 12.0. The molecule has 0 spiro atoms. The Hall–Kier alpha value is -3.48. The lowest BCUT2D eigenvalue weighted by molar-refractivity contribution is 0.0935. The van der Waals surface area contributed by atoms with Gasteiger partial charge in [-0.1, -0.05) is 30.3 Å². The predicted molar refractivity (Wildman–Crippen MR) is 91.2 cm³/mol. The van der Waals surface area contributed by atoms with Crippen molar-refractivity contribution in [1.29, 1.82) is 0 Å². The van der Waals surface area contributed by atoms with Crippen LogP contribution in [0.15, 0.2) is 53.3 Å². The average Bonchev–Trinajstić information content (AvgIpc) is 2.65. The van der Waals surface area contributed by atoms with Gasteiger partial charge in [0.15, 0.2) is 0 Å². The van der Waals surface area contributed by atoms with Crippen LogP contribution in [0.25, 0.3) is 10.8 Å². The molecule has 1 aromatic heterocycles. The topological polar surface area (TPSA) is 101 Å². The van der Waals surface area contributed by atoms with Gasteiger partial charge in [0.1, 0.15) is 11.3 Å². The molecule has 3 aromatic rings. The number of carbonyl (C=O) groups is 1. The Balaban J connectivity index is 1.93. The maximum Gasteiger partial charge on any atom is 0.294 e. The van der Waals surface area contributed by atoms with Crippen LogP contribution in [-0.4, -0.2) is 28.1 Å². The third kappa shape index (κ3) is 2.99. The minimum Gasteiger partial charge on any atom is -0.497 e. The normalized spacial score (nSPS) is 10.6. The lowest BCUT2D eigenvalue weighted by Crippen LogP contribution is -2.27. The van der Waals surface area contributed by atoms with Crippen LogP contribution >= 0.6 is 0 Å². The van der Waals surface area contributed by atoms with Gasteiger partial charge in [0.05, 0.1) is 12.5 Å². The summed E-state index contributed by atoms with van der Waals surface area (Å²) in [5.41, 5.74) is -0.124. The molecule has 0 saturated carbocycles. The van der Waals surface area contributed by atoms with E-state index in [0.717, 1.165) is 5.56 Å². The van der Waals surface area contributed by atoms with Crippen LogP contribution in [0.5, 0.6) is 11.6 Å². The molecule has 128 valence electrons. The van der Waals surface area contributed by atoms with Gasteiger partial charge in [-0.3, -0.25) is 9.59 Å². The van der Waals surface area contributed by atoms with Gasteiger partial charge in [-0.2, -0.15) is 0 Å². The number of aromatic nitrogens is 1. The molecule has 3 rings (SSSR count). The number of carbonyl (C=O) groups excluding carboxylic acids is 1. The van der Waals surface area contributed by atoms with Gasteiger partial charge in [0.2, 0.25) is 5.88 Å². The van der Waals surface area contributed by atoms with E-state index >= 15 is 0 Å². The van der Waals surface area contributed by atoms with Crippen molar-refractivity contribution >= 4 is 16.7 Å². The number of aromatic hydroxyl groups is 1. The van der Waals surface area contributed by atoms with Crippen molar-refractivity contribution in [2.75, 3.05) is 7.11 Å². The maximum atomic E-state index is 12.5. The maximum absolute atomic E-state index is 12.5. The lowest BCUT2D eigenvalue weighted by Gasteiger charge is -2.12. The molecule has 25 heavy (non-hydrogen) atoms. The van der Waals surface area contributed by atoms with Crippen molar-refractivity contribution in [3.63, 3.8) is 0 Å². The first kappa shape index (κ1) is 16.4. The zero-order valence-corrected chi connectivity index (χ0v) is 13.4. The Morgan fingerprint density at radius 2 is 1.76 bits per heavy atom. The highest BCUT2D eigenvalue weighted by atomic mass is 16.5. The number of amides is 1. The molecule has 0 aliphatic rings. The number of hydrogen-bond donors (Lipinski definition) is 3. The first-order valence-electron chi connectivity index (χ1n) is 7.50. The number of nitrogens with zero attached hydrogens (tertiary/aromatic N) is 1. The number of methoxy groups -OCH3 is 1. The monoisotopic (exact) mass is 340 g/mol. The number of nitrogens with one attached hydrogen (secondary N) is 1. The first-order valence-corrected chi connectivity index (χ1v) is 7.50. The zero-order valence-electron chi connectivity index (χ0n) is 13.4. The molecule has 1 heterocycles. The van der Waals surface area contributed by atoms with Crippen molar-refractivity contribution in [2.45, 2.75) is 6.54 Å². The second-order valence-electron chi connectivity index (χ2n) is 5.39. The second kappa shape index (κ2) is 6.56. The Morgan fingerprint density at radius 1 is 1.12 bits per heavy atom. The molecular formula is C18H16N2O5. The fourth-order valence-corrected chi connectivity index (χ4v) is 2.56. The Bertz CT molecular complexity index is 993. The minimum atomic E-state index is -0.795. The highest BCUT2D eigenvalue weighted by Gasteiger charge is 2.21.